The van der Waals surface area contributed by atoms with Crippen LogP contribution < -0.4 is 5.73 Å². The van der Waals surface area contributed by atoms with Crippen molar-refractivity contribution in [1.82, 2.24) is 0 Å². The summed E-state index contributed by atoms with van der Waals surface area (Å²) in [4.78, 5) is 11.5. The second-order valence-electron chi connectivity index (χ2n) is 3.93. The van der Waals surface area contributed by atoms with Crippen LogP contribution >= 0.6 is 0 Å². The van der Waals surface area contributed by atoms with Gasteiger partial charge in [-0.05, 0) is 18.9 Å². The van der Waals surface area contributed by atoms with Crippen molar-refractivity contribution in [3.8, 4) is 0 Å². The van der Waals surface area contributed by atoms with Gasteiger partial charge in [0.15, 0.2) is 0 Å². The fourth-order valence-corrected chi connectivity index (χ4v) is 1.61. The molecule has 100 valence electrons. The van der Waals surface area contributed by atoms with Crippen LogP contribution in [0, 0.1) is 5.92 Å². The van der Waals surface area contributed by atoms with Gasteiger partial charge in [0, 0.05) is 12.1 Å². The largest absolute Gasteiger partial charge is 0.466 e. The molecule has 1 aromatic rings. The molecule has 1 atom stereocenters. The maximum Gasteiger partial charge on any atom is 0.310 e. The summed E-state index contributed by atoms with van der Waals surface area (Å²) in [7, 11) is 0. The van der Waals surface area contributed by atoms with Gasteiger partial charge in [-0.25, -0.2) is 8.78 Å². The summed E-state index contributed by atoms with van der Waals surface area (Å²) in [6.45, 7) is 2.21. The first kappa shape index (κ1) is 14.6. The molecule has 0 saturated heterocycles. The van der Waals surface area contributed by atoms with E-state index in [1.807, 2.05) is 0 Å². The van der Waals surface area contributed by atoms with Gasteiger partial charge in [0.1, 0.15) is 0 Å². The zero-order chi connectivity index (χ0) is 13.5. The van der Waals surface area contributed by atoms with E-state index in [0.717, 1.165) is 5.56 Å². The number of carbonyl (C=O) groups excluding carboxylic acids is 1. The molecular weight excluding hydrogens is 240 g/mol. The number of benzene rings is 1. The van der Waals surface area contributed by atoms with Crippen LogP contribution in [0.15, 0.2) is 24.3 Å². The SMILES string of the molecule is CCOC(=O)C(CN)Cc1ccc(C(F)F)cc1. The zero-order valence-corrected chi connectivity index (χ0v) is 10.2. The molecule has 0 fully saturated rings. The van der Waals surface area contributed by atoms with Crippen LogP contribution in [0.3, 0.4) is 0 Å². The monoisotopic (exact) mass is 257 g/mol. The van der Waals surface area contributed by atoms with Crippen LogP contribution in [-0.4, -0.2) is 19.1 Å². The summed E-state index contributed by atoms with van der Waals surface area (Å²) in [5.41, 5.74) is 6.27. The van der Waals surface area contributed by atoms with E-state index < -0.39 is 12.3 Å². The maximum absolute atomic E-state index is 12.4. The molecule has 0 aliphatic rings. The first-order chi connectivity index (χ1) is 8.58. The van der Waals surface area contributed by atoms with E-state index in [1.165, 1.54) is 12.1 Å². The highest BCUT2D eigenvalue weighted by molar-refractivity contribution is 5.73. The smallest absolute Gasteiger partial charge is 0.310 e. The molecule has 1 aromatic carbocycles. The van der Waals surface area contributed by atoms with Gasteiger partial charge in [0.2, 0.25) is 0 Å². The number of nitrogens with two attached hydrogens (primary N) is 1. The van der Waals surface area contributed by atoms with Gasteiger partial charge in [-0.2, -0.15) is 0 Å². The minimum absolute atomic E-state index is 0.0285. The second kappa shape index (κ2) is 7.06. The van der Waals surface area contributed by atoms with Crippen LogP contribution in [-0.2, 0) is 16.0 Å². The number of esters is 1. The average molecular weight is 257 g/mol. The molecule has 5 heteroatoms. The molecule has 0 radical (unpaired) electrons. The van der Waals surface area contributed by atoms with E-state index in [0.29, 0.717) is 13.0 Å². The van der Waals surface area contributed by atoms with Gasteiger partial charge in [-0.15, -0.1) is 0 Å². The van der Waals surface area contributed by atoms with Crippen LogP contribution in [0.25, 0.3) is 0 Å². The molecule has 0 spiro atoms. The van der Waals surface area contributed by atoms with Gasteiger partial charge in [0.25, 0.3) is 6.43 Å². The Kier molecular flexibility index (Phi) is 5.71. The average Bonchev–Trinajstić information content (AvgIpc) is 2.36. The summed E-state index contributed by atoms with van der Waals surface area (Å²) in [6, 6.07) is 5.89. The summed E-state index contributed by atoms with van der Waals surface area (Å²) in [6.07, 6.45) is -2.08. The molecule has 0 bridgehead atoms. The summed E-state index contributed by atoms with van der Waals surface area (Å²) in [5.74, 6) is -0.778. The van der Waals surface area contributed by atoms with Crippen molar-refractivity contribution < 1.29 is 18.3 Å². The molecule has 2 N–H and O–H groups in total. The summed E-state index contributed by atoms with van der Waals surface area (Å²) < 4.78 is 29.6. The first-order valence-corrected chi connectivity index (χ1v) is 5.82. The van der Waals surface area contributed by atoms with Crippen molar-refractivity contribution >= 4 is 5.97 Å². The maximum atomic E-state index is 12.4. The Balaban J connectivity index is 2.67. The van der Waals surface area contributed by atoms with E-state index in [4.69, 9.17) is 10.5 Å². The van der Waals surface area contributed by atoms with E-state index in [-0.39, 0.29) is 18.1 Å². The third kappa shape index (κ3) is 4.07. The van der Waals surface area contributed by atoms with Gasteiger partial charge in [0.05, 0.1) is 12.5 Å². The Morgan fingerprint density at radius 1 is 1.33 bits per heavy atom. The molecule has 3 nitrogen and oxygen atoms in total. The highest BCUT2D eigenvalue weighted by atomic mass is 19.3. The standard InChI is InChI=1S/C13H17F2NO2/c1-2-18-13(17)11(8-16)7-9-3-5-10(6-4-9)12(14)15/h3-6,11-12H,2,7-8,16H2,1H3. The lowest BCUT2D eigenvalue weighted by Gasteiger charge is -2.13. The Morgan fingerprint density at radius 3 is 2.39 bits per heavy atom. The number of rotatable bonds is 6. The van der Waals surface area contributed by atoms with E-state index in [2.05, 4.69) is 0 Å². The van der Waals surface area contributed by atoms with Crippen molar-refractivity contribution in [2.45, 2.75) is 19.8 Å². The molecular formula is C13H17F2NO2. The minimum atomic E-state index is -2.48. The molecule has 18 heavy (non-hydrogen) atoms. The third-order valence-corrected chi connectivity index (χ3v) is 2.62. The van der Waals surface area contributed by atoms with Crippen LogP contribution in [0.2, 0.25) is 0 Å². The number of hydrogen-bond acceptors (Lipinski definition) is 3. The molecule has 1 rings (SSSR count). The number of hydrogen-bond donors (Lipinski definition) is 1. The Morgan fingerprint density at radius 2 is 1.94 bits per heavy atom. The van der Waals surface area contributed by atoms with E-state index in [9.17, 15) is 13.6 Å². The van der Waals surface area contributed by atoms with Gasteiger partial charge in [-0.1, -0.05) is 24.3 Å². The highest BCUT2D eigenvalue weighted by Crippen LogP contribution is 2.19. The number of alkyl halides is 2. The quantitative estimate of drug-likeness (QED) is 0.796. The van der Waals surface area contributed by atoms with Crippen LogP contribution in [0.4, 0.5) is 8.78 Å². The summed E-state index contributed by atoms with van der Waals surface area (Å²) in [5, 5.41) is 0. The number of ether oxygens (including phenoxy) is 1. The van der Waals surface area contributed by atoms with Crippen LogP contribution in [0.5, 0.6) is 0 Å². The van der Waals surface area contributed by atoms with Gasteiger partial charge < -0.3 is 10.5 Å². The lowest BCUT2D eigenvalue weighted by molar-refractivity contribution is -0.147. The molecule has 0 aliphatic heterocycles. The van der Waals surface area contributed by atoms with Crippen molar-refractivity contribution in [1.29, 1.82) is 0 Å². The Labute approximate surface area is 105 Å². The molecule has 1 unspecified atom stereocenters. The molecule has 0 aliphatic carbocycles. The fourth-order valence-electron chi connectivity index (χ4n) is 1.61. The van der Waals surface area contributed by atoms with Crippen LogP contribution in [0.1, 0.15) is 24.5 Å². The molecule has 0 heterocycles. The van der Waals surface area contributed by atoms with E-state index >= 15 is 0 Å². The molecule has 0 amide bonds. The van der Waals surface area contributed by atoms with E-state index in [1.54, 1.807) is 19.1 Å². The fraction of sp³-hybridized carbons (Fsp3) is 0.462. The predicted molar refractivity (Wildman–Crippen MR) is 64.3 cm³/mol. The summed E-state index contributed by atoms with van der Waals surface area (Å²) >= 11 is 0. The lowest BCUT2D eigenvalue weighted by Crippen LogP contribution is -2.27. The Hall–Kier alpha value is -1.49. The third-order valence-electron chi connectivity index (χ3n) is 2.62. The van der Waals surface area contributed by atoms with Crippen molar-refractivity contribution in [3.63, 3.8) is 0 Å². The minimum Gasteiger partial charge on any atom is -0.466 e. The predicted octanol–water partition coefficient (Wildman–Crippen LogP) is 2.30. The van der Waals surface area contributed by atoms with Crippen molar-refractivity contribution in [2.75, 3.05) is 13.2 Å². The molecule has 0 aromatic heterocycles. The number of halogens is 2. The molecule has 0 saturated carbocycles. The van der Waals surface area contributed by atoms with Gasteiger partial charge >= 0.3 is 5.97 Å². The normalized spacial score (nSPS) is 12.5. The highest BCUT2D eigenvalue weighted by Gasteiger charge is 2.18. The van der Waals surface area contributed by atoms with Gasteiger partial charge in [-0.3, -0.25) is 4.79 Å². The number of carbonyl (C=O) groups is 1. The second-order valence-corrected chi connectivity index (χ2v) is 3.93. The zero-order valence-electron chi connectivity index (χ0n) is 10.2. The lowest BCUT2D eigenvalue weighted by atomic mass is 9.98. The first-order valence-electron chi connectivity index (χ1n) is 5.82. The topological polar surface area (TPSA) is 52.3 Å². The Bertz CT molecular complexity index is 379. The van der Waals surface area contributed by atoms with Crippen molar-refractivity contribution in [3.05, 3.63) is 35.4 Å². The van der Waals surface area contributed by atoms with Crippen molar-refractivity contribution in [2.24, 2.45) is 11.7 Å².